The van der Waals surface area contributed by atoms with Crippen LogP contribution in [0.25, 0.3) is 0 Å². The fourth-order valence-corrected chi connectivity index (χ4v) is 3.42. The number of allylic oxidation sites excluding steroid dienone is 1. The predicted molar refractivity (Wildman–Crippen MR) is 43.7 cm³/mol. The van der Waals surface area contributed by atoms with Crippen LogP contribution in [0.2, 0.25) is 12.1 Å². The van der Waals surface area contributed by atoms with Gasteiger partial charge in [0, 0.05) is 0 Å². The molecule has 0 saturated heterocycles. The van der Waals surface area contributed by atoms with Crippen molar-refractivity contribution < 1.29 is 4.12 Å². The van der Waals surface area contributed by atoms with E-state index in [1.165, 1.54) is 6.04 Å². The fraction of sp³-hybridized carbons (Fsp3) is 0.600. The van der Waals surface area contributed by atoms with Crippen molar-refractivity contribution in [1.82, 2.24) is 0 Å². The van der Waals surface area contributed by atoms with Crippen molar-refractivity contribution in [3.63, 3.8) is 0 Å². The molecule has 48 valence electrons. The molecule has 8 heavy (non-hydrogen) atoms. The highest BCUT2D eigenvalue weighted by atomic mass is 28.3. The van der Waals surface area contributed by atoms with Gasteiger partial charge in [-0.25, -0.2) is 0 Å². The van der Waals surface area contributed by atoms with E-state index in [2.05, 4.69) is 13.5 Å². The largest absolute Gasteiger partial charge is 0.465 e. The summed E-state index contributed by atoms with van der Waals surface area (Å²) in [7, 11) is 0.162. The number of hydrogen-bond acceptors (Lipinski definition) is 1. The van der Waals surface area contributed by atoms with E-state index in [0.717, 1.165) is 16.5 Å². The van der Waals surface area contributed by atoms with Crippen LogP contribution in [-0.2, 0) is 4.12 Å². The molecular weight excluding hydrogens is 132 g/mol. The summed E-state index contributed by atoms with van der Waals surface area (Å²) in [4.78, 5) is 0. The smallest absolute Gasteiger partial charge is 0.165 e. The van der Waals surface area contributed by atoms with Crippen LogP contribution >= 0.6 is 0 Å². The Morgan fingerprint density at radius 1 is 1.88 bits per heavy atom. The average molecular weight is 146 g/mol. The molecule has 0 N–H and O–H groups in total. The van der Waals surface area contributed by atoms with Gasteiger partial charge in [-0.1, -0.05) is 13.0 Å². The van der Waals surface area contributed by atoms with Crippen molar-refractivity contribution in [3.05, 3.63) is 12.7 Å². The van der Waals surface area contributed by atoms with Crippen LogP contribution in [0.4, 0.5) is 0 Å². The van der Waals surface area contributed by atoms with Gasteiger partial charge in [-0.3, -0.25) is 0 Å². The lowest BCUT2D eigenvalue weighted by Gasteiger charge is -2.06. The highest BCUT2D eigenvalue weighted by Crippen LogP contribution is 1.97. The van der Waals surface area contributed by atoms with Gasteiger partial charge in [0.1, 0.15) is 10.5 Å². The molecule has 0 aliphatic heterocycles. The molecule has 0 aromatic heterocycles. The Morgan fingerprint density at radius 2 is 2.50 bits per heavy atom. The summed E-state index contributed by atoms with van der Waals surface area (Å²) in [6, 6.07) is 2.38. The van der Waals surface area contributed by atoms with Crippen LogP contribution in [0.5, 0.6) is 0 Å². The van der Waals surface area contributed by atoms with Crippen molar-refractivity contribution in [2.75, 3.05) is 0 Å². The second-order valence-electron chi connectivity index (χ2n) is 1.79. The SMILES string of the molecule is C=CC[SiH](CC)O[SiH3]. The fourth-order valence-electron chi connectivity index (χ4n) is 0.615. The van der Waals surface area contributed by atoms with Crippen molar-refractivity contribution in [1.29, 1.82) is 0 Å². The Kier molecular flexibility index (Phi) is 5.36. The maximum atomic E-state index is 5.35. The first-order valence-corrected chi connectivity index (χ1v) is 5.90. The Bertz CT molecular complexity index is 61.4. The lowest BCUT2D eigenvalue weighted by atomic mass is 10.8. The van der Waals surface area contributed by atoms with Gasteiger partial charge >= 0.3 is 0 Å². The Labute approximate surface area is 56.0 Å². The van der Waals surface area contributed by atoms with E-state index in [-0.39, 0.29) is 0 Å². The summed E-state index contributed by atoms with van der Waals surface area (Å²) in [5.41, 5.74) is 0. The van der Waals surface area contributed by atoms with E-state index in [9.17, 15) is 0 Å². The Hall–Kier alpha value is 0.134. The molecule has 0 aliphatic rings. The van der Waals surface area contributed by atoms with E-state index in [4.69, 9.17) is 4.12 Å². The first-order valence-electron chi connectivity index (χ1n) is 2.98. The van der Waals surface area contributed by atoms with Gasteiger partial charge in [0.05, 0.1) is 0 Å². The Balaban J connectivity index is 3.20. The van der Waals surface area contributed by atoms with E-state index in [0.29, 0.717) is 0 Å². The molecule has 0 heterocycles. The topological polar surface area (TPSA) is 9.23 Å². The molecule has 3 heteroatoms. The van der Waals surface area contributed by atoms with Crippen molar-refractivity contribution in [2.24, 2.45) is 0 Å². The normalized spacial score (nSPS) is 13.6. The molecule has 0 radical (unpaired) electrons. The third-order valence-electron chi connectivity index (χ3n) is 1.22. The summed E-state index contributed by atoms with van der Waals surface area (Å²) < 4.78 is 5.35. The predicted octanol–water partition coefficient (Wildman–Crippen LogP) is 0.213. The maximum Gasteiger partial charge on any atom is 0.165 e. The monoisotopic (exact) mass is 146 g/mol. The van der Waals surface area contributed by atoms with Gasteiger partial charge in [-0.2, -0.15) is 0 Å². The zero-order valence-corrected chi connectivity index (χ0v) is 8.84. The van der Waals surface area contributed by atoms with E-state index >= 15 is 0 Å². The van der Waals surface area contributed by atoms with Gasteiger partial charge < -0.3 is 4.12 Å². The molecule has 1 nitrogen and oxygen atoms in total. The lowest BCUT2D eigenvalue weighted by molar-refractivity contribution is 0.632. The molecule has 0 aromatic rings. The second-order valence-corrected chi connectivity index (χ2v) is 6.21. The zero-order chi connectivity index (χ0) is 6.41. The number of rotatable bonds is 4. The van der Waals surface area contributed by atoms with Gasteiger partial charge in [0.2, 0.25) is 0 Å². The van der Waals surface area contributed by atoms with Crippen LogP contribution in [0.1, 0.15) is 6.92 Å². The molecule has 0 aliphatic carbocycles. The third-order valence-corrected chi connectivity index (χ3v) is 5.65. The highest BCUT2D eigenvalue weighted by Gasteiger charge is 2.00. The minimum Gasteiger partial charge on any atom is -0.465 e. The molecule has 0 aromatic carbocycles. The summed E-state index contributed by atoms with van der Waals surface area (Å²) in [5, 5.41) is 0. The molecule has 1 unspecified atom stereocenters. The summed E-state index contributed by atoms with van der Waals surface area (Å²) in [6.07, 6.45) is 1.97. The number of hydrogen-bond donors (Lipinski definition) is 0. The second kappa shape index (κ2) is 5.27. The zero-order valence-electron chi connectivity index (χ0n) is 5.68. The molecule has 0 amide bonds. The van der Waals surface area contributed by atoms with Crippen molar-refractivity contribution in [2.45, 2.75) is 19.0 Å². The van der Waals surface area contributed by atoms with Gasteiger partial charge in [0.15, 0.2) is 9.04 Å². The van der Waals surface area contributed by atoms with E-state index in [1.54, 1.807) is 0 Å². The summed E-state index contributed by atoms with van der Waals surface area (Å²) in [6.45, 7) is 5.86. The average Bonchev–Trinajstić information content (AvgIpc) is 1.83. The molecule has 0 fully saturated rings. The van der Waals surface area contributed by atoms with Crippen LogP contribution in [0, 0.1) is 0 Å². The molecule has 0 bridgehead atoms. The standard InChI is InChI=1S/C5H14OSi2/c1-3-5-8(4-2)6-7/h3,8H,1,4-5H2,2,7H3. The summed E-state index contributed by atoms with van der Waals surface area (Å²) in [5.74, 6) is 0. The third kappa shape index (κ3) is 3.18. The summed E-state index contributed by atoms with van der Waals surface area (Å²) >= 11 is 0. The molecule has 0 saturated carbocycles. The van der Waals surface area contributed by atoms with E-state index in [1.807, 2.05) is 6.08 Å². The quantitative estimate of drug-likeness (QED) is 0.407. The Morgan fingerprint density at radius 3 is 2.62 bits per heavy atom. The molecule has 0 rings (SSSR count). The van der Waals surface area contributed by atoms with Gasteiger partial charge in [-0.15, -0.1) is 6.58 Å². The maximum absolute atomic E-state index is 5.35. The molecule has 1 atom stereocenters. The van der Waals surface area contributed by atoms with Crippen LogP contribution in [0.3, 0.4) is 0 Å². The lowest BCUT2D eigenvalue weighted by Crippen LogP contribution is -2.12. The van der Waals surface area contributed by atoms with Gasteiger partial charge in [0.25, 0.3) is 0 Å². The van der Waals surface area contributed by atoms with Crippen LogP contribution < -0.4 is 0 Å². The molecule has 0 spiro atoms. The van der Waals surface area contributed by atoms with E-state index < -0.39 is 9.04 Å². The molecular formula is C5H14OSi2. The van der Waals surface area contributed by atoms with Crippen LogP contribution in [-0.4, -0.2) is 19.5 Å². The van der Waals surface area contributed by atoms with Crippen molar-refractivity contribution >= 4 is 19.5 Å². The van der Waals surface area contributed by atoms with Gasteiger partial charge in [-0.05, 0) is 12.1 Å². The first kappa shape index (κ1) is 8.13. The minimum absolute atomic E-state index is 0.748. The highest BCUT2D eigenvalue weighted by molar-refractivity contribution is 6.55. The first-order chi connectivity index (χ1) is 3.85. The van der Waals surface area contributed by atoms with Crippen LogP contribution in [0.15, 0.2) is 12.7 Å². The van der Waals surface area contributed by atoms with Crippen molar-refractivity contribution in [3.8, 4) is 0 Å². The minimum atomic E-state index is -0.748.